The van der Waals surface area contributed by atoms with E-state index in [4.69, 9.17) is 11.6 Å². The summed E-state index contributed by atoms with van der Waals surface area (Å²) in [5, 5.41) is 0.289. The predicted octanol–water partition coefficient (Wildman–Crippen LogP) is 3.55. The van der Waals surface area contributed by atoms with Crippen LogP contribution in [0.4, 0.5) is 4.39 Å². The van der Waals surface area contributed by atoms with E-state index in [1.165, 1.54) is 6.07 Å². The van der Waals surface area contributed by atoms with Gasteiger partial charge in [0.05, 0.1) is 5.69 Å². The molecule has 0 aliphatic heterocycles. The lowest BCUT2D eigenvalue weighted by Crippen LogP contribution is -1.95. The Kier molecular flexibility index (Phi) is 2.88. The highest BCUT2D eigenvalue weighted by molar-refractivity contribution is 6.29. The molecular weight excluding hydrogens is 227 g/mol. The fourth-order valence-electron chi connectivity index (χ4n) is 1.56. The summed E-state index contributed by atoms with van der Waals surface area (Å²) in [4.78, 5) is 7.85. The van der Waals surface area contributed by atoms with Gasteiger partial charge in [0.15, 0.2) is 5.82 Å². The molecule has 16 heavy (non-hydrogen) atoms. The summed E-state index contributed by atoms with van der Waals surface area (Å²) < 4.78 is 13.9. The zero-order valence-corrected chi connectivity index (χ0v) is 9.72. The first-order valence-electron chi connectivity index (χ1n) is 4.83. The van der Waals surface area contributed by atoms with Gasteiger partial charge >= 0.3 is 0 Å². The fraction of sp³-hybridized carbons (Fsp3) is 0.167. The van der Waals surface area contributed by atoms with E-state index in [9.17, 15) is 4.39 Å². The standard InChI is InChI=1S/C12H10ClFN2/c1-7-3-4-15-6-10(7)9-5-11(13)16-8(2)12(9)14/h3-6H,1-2H3. The van der Waals surface area contributed by atoms with Crippen molar-refractivity contribution in [1.29, 1.82) is 0 Å². The lowest BCUT2D eigenvalue weighted by atomic mass is 10.0. The Morgan fingerprint density at radius 2 is 2.00 bits per heavy atom. The van der Waals surface area contributed by atoms with Crippen LogP contribution in [0.25, 0.3) is 11.1 Å². The van der Waals surface area contributed by atoms with Crippen molar-refractivity contribution in [1.82, 2.24) is 9.97 Å². The maximum Gasteiger partial charge on any atom is 0.152 e. The molecule has 0 N–H and O–H groups in total. The van der Waals surface area contributed by atoms with Gasteiger partial charge in [0.2, 0.25) is 0 Å². The highest BCUT2D eigenvalue weighted by Crippen LogP contribution is 2.28. The molecule has 0 unspecified atom stereocenters. The Labute approximate surface area is 98.1 Å². The van der Waals surface area contributed by atoms with Gasteiger partial charge in [-0.1, -0.05) is 11.6 Å². The van der Waals surface area contributed by atoms with E-state index in [1.54, 1.807) is 19.3 Å². The highest BCUT2D eigenvalue weighted by atomic mass is 35.5. The Hall–Kier alpha value is -1.48. The van der Waals surface area contributed by atoms with E-state index in [0.717, 1.165) is 11.1 Å². The van der Waals surface area contributed by atoms with E-state index >= 15 is 0 Å². The molecule has 2 aromatic rings. The number of halogens is 2. The number of hydrogen-bond acceptors (Lipinski definition) is 2. The molecule has 2 heterocycles. The number of rotatable bonds is 1. The smallest absolute Gasteiger partial charge is 0.152 e. The summed E-state index contributed by atoms with van der Waals surface area (Å²) in [7, 11) is 0. The monoisotopic (exact) mass is 236 g/mol. The second kappa shape index (κ2) is 4.18. The lowest BCUT2D eigenvalue weighted by molar-refractivity contribution is 0.613. The first kappa shape index (κ1) is 11.0. The van der Waals surface area contributed by atoms with Gasteiger partial charge in [-0.05, 0) is 31.5 Å². The summed E-state index contributed by atoms with van der Waals surface area (Å²) in [6.07, 6.45) is 3.30. The van der Waals surface area contributed by atoms with Crippen LogP contribution in [0.1, 0.15) is 11.3 Å². The van der Waals surface area contributed by atoms with Crippen LogP contribution >= 0.6 is 11.6 Å². The molecule has 0 aliphatic carbocycles. The molecule has 0 radical (unpaired) electrons. The largest absolute Gasteiger partial charge is 0.264 e. The van der Waals surface area contributed by atoms with Crippen molar-refractivity contribution in [3.05, 3.63) is 46.8 Å². The zero-order valence-electron chi connectivity index (χ0n) is 8.96. The van der Waals surface area contributed by atoms with Crippen LogP contribution in [0, 0.1) is 19.7 Å². The molecule has 2 nitrogen and oxygen atoms in total. The summed E-state index contributed by atoms with van der Waals surface area (Å²) in [6, 6.07) is 3.35. The second-order valence-corrected chi connectivity index (χ2v) is 3.97. The Morgan fingerprint density at radius 3 is 2.69 bits per heavy atom. The van der Waals surface area contributed by atoms with Gasteiger partial charge in [-0.3, -0.25) is 4.98 Å². The van der Waals surface area contributed by atoms with Crippen LogP contribution in [-0.2, 0) is 0 Å². The van der Waals surface area contributed by atoms with E-state index in [2.05, 4.69) is 9.97 Å². The lowest BCUT2D eigenvalue weighted by Gasteiger charge is -2.08. The topological polar surface area (TPSA) is 25.8 Å². The molecule has 4 heteroatoms. The highest BCUT2D eigenvalue weighted by Gasteiger charge is 2.12. The molecule has 0 bridgehead atoms. The van der Waals surface area contributed by atoms with Crippen molar-refractivity contribution in [2.45, 2.75) is 13.8 Å². The van der Waals surface area contributed by atoms with Gasteiger partial charge in [-0.2, -0.15) is 0 Å². The van der Waals surface area contributed by atoms with Crippen molar-refractivity contribution < 1.29 is 4.39 Å². The van der Waals surface area contributed by atoms with Crippen LogP contribution in [-0.4, -0.2) is 9.97 Å². The van der Waals surface area contributed by atoms with Crippen molar-refractivity contribution in [3.8, 4) is 11.1 Å². The molecule has 0 aliphatic rings. The molecular formula is C12H10ClFN2. The molecule has 0 atom stereocenters. The molecule has 0 aromatic carbocycles. The van der Waals surface area contributed by atoms with Gasteiger partial charge in [-0.15, -0.1) is 0 Å². The maximum absolute atomic E-state index is 13.9. The van der Waals surface area contributed by atoms with Crippen LogP contribution in [0.3, 0.4) is 0 Å². The summed E-state index contributed by atoms with van der Waals surface area (Å²) in [6.45, 7) is 3.50. The average Bonchev–Trinajstić information content (AvgIpc) is 2.24. The van der Waals surface area contributed by atoms with Crippen LogP contribution in [0.2, 0.25) is 5.15 Å². The summed E-state index contributed by atoms with van der Waals surface area (Å²) >= 11 is 5.83. The number of aromatic nitrogens is 2. The Morgan fingerprint density at radius 1 is 1.25 bits per heavy atom. The number of nitrogens with zero attached hydrogens (tertiary/aromatic N) is 2. The Balaban J connectivity index is 2.69. The van der Waals surface area contributed by atoms with E-state index in [-0.39, 0.29) is 11.0 Å². The van der Waals surface area contributed by atoms with Crippen molar-refractivity contribution in [2.24, 2.45) is 0 Å². The Bertz CT molecular complexity index is 541. The first-order chi connectivity index (χ1) is 7.59. The normalized spacial score (nSPS) is 10.5. The third kappa shape index (κ3) is 1.91. The number of hydrogen-bond donors (Lipinski definition) is 0. The van der Waals surface area contributed by atoms with Gasteiger partial charge in [0, 0.05) is 23.5 Å². The molecule has 0 saturated carbocycles. The molecule has 0 amide bonds. The van der Waals surface area contributed by atoms with Crippen molar-refractivity contribution >= 4 is 11.6 Å². The molecule has 82 valence electrons. The van der Waals surface area contributed by atoms with Crippen molar-refractivity contribution in [2.75, 3.05) is 0 Å². The van der Waals surface area contributed by atoms with E-state index in [0.29, 0.717) is 11.3 Å². The predicted molar refractivity (Wildman–Crippen MR) is 61.9 cm³/mol. The SMILES string of the molecule is Cc1ccncc1-c1cc(Cl)nc(C)c1F. The van der Waals surface area contributed by atoms with E-state index < -0.39 is 0 Å². The maximum atomic E-state index is 13.9. The summed E-state index contributed by atoms with van der Waals surface area (Å²) in [5.41, 5.74) is 2.44. The molecule has 0 saturated heterocycles. The molecule has 2 rings (SSSR count). The second-order valence-electron chi connectivity index (χ2n) is 3.58. The first-order valence-corrected chi connectivity index (χ1v) is 5.21. The minimum Gasteiger partial charge on any atom is -0.264 e. The third-order valence-electron chi connectivity index (χ3n) is 2.42. The van der Waals surface area contributed by atoms with Gasteiger partial charge in [-0.25, -0.2) is 9.37 Å². The number of aryl methyl sites for hydroxylation is 2. The summed E-state index contributed by atoms with van der Waals surface area (Å²) in [5.74, 6) is -0.347. The zero-order chi connectivity index (χ0) is 11.7. The molecule has 2 aromatic heterocycles. The van der Waals surface area contributed by atoms with Crippen LogP contribution in [0.5, 0.6) is 0 Å². The molecule has 0 spiro atoms. The van der Waals surface area contributed by atoms with E-state index in [1.807, 2.05) is 13.0 Å². The van der Waals surface area contributed by atoms with Gasteiger partial charge in [0.25, 0.3) is 0 Å². The van der Waals surface area contributed by atoms with Gasteiger partial charge in [0.1, 0.15) is 5.15 Å². The quantitative estimate of drug-likeness (QED) is 0.708. The fourth-order valence-corrected chi connectivity index (χ4v) is 1.80. The van der Waals surface area contributed by atoms with Crippen LogP contribution < -0.4 is 0 Å². The minimum atomic E-state index is -0.347. The van der Waals surface area contributed by atoms with Crippen LogP contribution in [0.15, 0.2) is 24.5 Å². The van der Waals surface area contributed by atoms with Gasteiger partial charge < -0.3 is 0 Å². The number of pyridine rings is 2. The third-order valence-corrected chi connectivity index (χ3v) is 2.61. The molecule has 0 fully saturated rings. The average molecular weight is 237 g/mol. The van der Waals surface area contributed by atoms with Crippen molar-refractivity contribution in [3.63, 3.8) is 0 Å². The minimum absolute atomic E-state index is 0.289.